The van der Waals surface area contributed by atoms with E-state index in [1.807, 2.05) is 30.3 Å². The zero-order chi connectivity index (χ0) is 24.4. The predicted molar refractivity (Wildman–Crippen MR) is 135 cm³/mol. The number of rotatable bonds is 5. The number of anilines is 2. The van der Waals surface area contributed by atoms with Gasteiger partial charge < -0.3 is 19.1 Å². The summed E-state index contributed by atoms with van der Waals surface area (Å²) in [5.74, 6) is 0.151. The number of ether oxygens (including phenoxy) is 3. The highest BCUT2D eigenvalue weighted by Crippen LogP contribution is 2.38. The molecule has 1 fully saturated rings. The minimum absolute atomic E-state index is 0.394. The monoisotopic (exact) mass is 470 g/mol. The molecule has 0 bridgehead atoms. The lowest BCUT2D eigenvalue weighted by Gasteiger charge is -2.30. The van der Waals surface area contributed by atoms with E-state index in [0.29, 0.717) is 47.1 Å². The molecule has 3 aromatic rings. The molecule has 0 spiro atoms. The maximum absolute atomic E-state index is 13.8. The van der Waals surface area contributed by atoms with Crippen molar-refractivity contribution in [2.45, 2.75) is 0 Å². The van der Waals surface area contributed by atoms with E-state index in [4.69, 9.17) is 14.2 Å². The highest BCUT2D eigenvalue weighted by molar-refractivity contribution is 6.43. The average molecular weight is 471 g/mol. The minimum atomic E-state index is -0.423. The van der Waals surface area contributed by atoms with Crippen molar-refractivity contribution >= 4 is 34.8 Å². The molecule has 2 aliphatic rings. The quantitative estimate of drug-likeness (QED) is 0.410. The van der Waals surface area contributed by atoms with E-state index in [1.54, 1.807) is 49.6 Å². The van der Waals surface area contributed by atoms with Crippen LogP contribution in [-0.4, -0.2) is 52.3 Å². The van der Waals surface area contributed by atoms with E-state index < -0.39 is 11.8 Å². The Morgan fingerprint density at radius 2 is 1.57 bits per heavy atom. The van der Waals surface area contributed by atoms with Crippen molar-refractivity contribution in [3.63, 3.8) is 0 Å². The van der Waals surface area contributed by atoms with Crippen LogP contribution in [0.25, 0.3) is 11.6 Å². The van der Waals surface area contributed by atoms with Gasteiger partial charge in [-0.2, -0.15) is 0 Å². The molecule has 5 rings (SSSR count). The molecule has 35 heavy (non-hydrogen) atoms. The Balaban J connectivity index is 1.59. The van der Waals surface area contributed by atoms with Crippen LogP contribution < -0.4 is 19.3 Å². The maximum Gasteiger partial charge on any atom is 0.266 e. The minimum Gasteiger partial charge on any atom is -0.497 e. The van der Waals surface area contributed by atoms with Crippen LogP contribution in [0.15, 0.2) is 66.7 Å². The van der Waals surface area contributed by atoms with E-state index in [-0.39, 0.29) is 0 Å². The van der Waals surface area contributed by atoms with Gasteiger partial charge in [-0.15, -0.1) is 0 Å². The Morgan fingerprint density at radius 1 is 0.829 bits per heavy atom. The molecule has 0 saturated carbocycles. The van der Waals surface area contributed by atoms with Gasteiger partial charge in [-0.3, -0.25) is 9.59 Å². The fourth-order valence-electron chi connectivity index (χ4n) is 4.45. The van der Waals surface area contributed by atoms with Crippen LogP contribution in [0.2, 0.25) is 0 Å². The predicted octanol–water partition coefficient (Wildman–Crippen LogP) is 4.27. The molecule has 3 aromatic carbocycles. The number of imide groups is 1. The number of hydrogen-bond donors (Lipinski definition) is 0. The van der Waals surface area contributed by atoms with Crippen molar-refractivity contribution in [3.05, 3.63) is 83.4 Å². The highest BCUT2D eigenvalue weighted by Gasteiger charge is 2.37. The molecular weight excluding hydrogens is 444 g/mol. The molecule has 0 aromatic heterocycles. The molecule has 2 aliphatic heterocycles. The lowest BCUT2D eigenvalue weighted by atomic mass is 9.91. The zero-order valence-electron chi connectivity index (χ0n) is 19.7. The van der Waals surface area contributed by atoms with Crippen LogP contribution in [0.5, 0.6) is 11.5 Å². The number of nitrogens with zero attached hydrogens (tertiary/aromatic N) is 2. The van der Waals surface area contributed by atoms with Crippen LogP contribution in [0.3, 0.4) is 0 Å². The van der Waals surface area contributed by atoms with Crippen molar-refractivity contribution < 1.29 is 23.8 Å². The Labute approximate surface area is 204 Å². The summed E-state index contributed by atoms with van der Waals surface area (Å²) in [6.45, 7) is 3.13. The molecule has 2 amide bonds. The van der Waals surface area contributed by atoms with Gasteiger partial charge in [0.15, 0.2) is 0 Å². The molecule has 2 heterocycles. The molecule has 7 heteroatoms. The Morgan fingerprint density at radius 3 is 2.29 bits per heavy atom. The molecule has 0 aliphatic carbocycles. The molecule has 0 radical (unpaired) electrons. The molecule has 7 nitrogen and oxygen atoms in total. The van der Waals surface area contributed by atoms with Crippen molar-refractivity contribution in [1.29, 1.82) is 0 Å². The first kappa shape index (κ1) is 22.7. The lowest BCUT2D eigenvalue weighted by molar-refractivity contribution is -0.112. The molecule has 0 N–H and O–H groups in total. The second-order valence-corrected chi connectivity index (χ2v) is 8.28. The summed E-state index contributed by atoms with van der Waals surface area (Å²) in [5, 5.41) is 0. The van der Waals surface area contributed by atoms with Gasteiger partial charge in [0.1, 0.15) is 11.5 Å². The number of methoxy groups -OCH3 is 2. The Hall–Kier alpha value is -4.10. The number of carbonyl (C=O) groups excluding carboxylic acids is 2. The van der Waals surface area contributed by atoms with Crippen LogP contribution in [0, 0.1) is 0 Å². The number of para-hydroxylation sites is 2. The second-order valence-electron chi connectivity index (χ2n) is 8.28. The SMILES string of the molecule is COc1ccc2c(c1)C(=O)N(c1ccccc1OC)C(=O)/C2=C\c1ccc(N2CCOCC2)cc1. The van der Waals surface area contributed by atoms with Crippen LogP contribution in [0.1, 0.15) is 21.5 Å². The Bertz CT molecular complexity index is 1290. The summed E-state index contributed by atoms with van der Waals surface area (Å²) < 4.78 is 16.2. The first-order chi connectivity index (χ1) is 17.1. The molecule has 0 atom stereocenters. The summed E-state index contributed by atoms with van der Waals surface area (Å²) >= 11 is 0. The third-order valence-corrected chi connectivity index (χ3v) is 6.29. The van der Waals surface area contributed by atoms with Gasteiger partial charge in [0.05, 0.1) is 38.7 Å². The smallest absolute Gasteiger partial charge is 0.266 e. The van der Waals surface area contributed by atoms with E-state index in [2.05, 4.69) is 4.90 Å². The van der Waals surface area contributed by atoms with Crippen molar-refractivity contribution in [2.75, 3.05) is 50.3 Å². The van der Waals surface area contributed by atoms with E-state index in [1.165, 1.54) is 12.0 Å². The van der Waals surface area contributed by atoms with Gasteiger partial charge in [-0.1, -0.05) is 24.3 Å². The van der Waals surface area contributed by atoms with Gasteiger partial charge in [0, 0.05) is 29.9 Å². The number of fused-ring (bicyclic) bond motifs is 1. The standard InChI is InChI=1S/C28H26N2O5/c1-33-21-11-12-22-23(17-19-7-9-20(10-8-19)29-13-15-35-16-14-29)27(31)30(28(32)24(22)18-21)25-5-3-4-6-26(25)34-2/h3-12,17-18H,13-16H2,1-2H3/b23-17-. The van der Waals surface area contributed by atoms with Crippen molar-refractivity contribution in [2.24, 2.45) is 0 Å². The molecule has 0 unspecified atom stereocenters. The molecule has 1 saturated heterocycles. The maximum atomic E-state index is 13.8. The molecular formula is C28H26N2O5. The number of benzene rings is 3. The van der Waals surface area contributed by atoms with Crippen LogP contribution >= 0.6 is 0 Å². The first-order valence-corrected chi connectivity index (χ1v) is 11.5. The van der Waals surface area contributed by atoms with E-state index in [0.717, 1.165) is 24.3 Å². The van der Waals surface area contributed by atoms with Gasteiger partial charge in [-0.25, -0.2) is 4.90 Å². The van der Waals surface area contributed by atoms with Gasteiger partial charge >= 0.3 is 0 Å². The number of amides is 2. The third-order valence-electron chi connectivity index (χ3n) is 6.29. The van der Waals surface area contributed by atoms with E-state index >= 15 is 0 Å². The Kier molecular flexibility index (Phi) is 6.25. The molecule has 178 valence electrons. The normalized spacial score (nSPS) is 16.9. The lowest BCUT2D eigenvalue weighted by Crippen LogP contribution is -2.42. The van der Waals surface area contributed by atoms with Gasteiger partial charge in [0.2, 0.25) is 0 Å². The summed E-state index contributed by atoms with van der Waals surface area (Å²) in [6, 6.07) is 20.2. The number of morpholine rings is 1. The largest absolute Gasteiger partial charge is 0.497 e. The summed E-state index contributed by atoms with van der Waals surface area (Å²) in [4.78, 5) is 30.7. The third kappa shape index (κ3) is 4.26. The van der Waals surface area contributed by atoms with Crippen LogP contribution in [-0.2, 0) is 9.53 Å². The van der Waals surface area contributed by atoms with Crippen molar-refractivity contribution in [3.8, 4) is 11.5 Å². The first-order valence-electron chi connectivity index (χ1n) is 11.5. The van der Waals surface area contributed by atoms with Gasteiger partial charge in [-0.05, 0) is 54.1 Å². The fraction of sp³-hybridized carbons (Fsp3) is 0.214. The second kappa shape index (κ2) is 9.64. The number of carbonyl (C=O) groups is 2. The van der Waals surface area contributed by atoms with Crippen LogP contribution in [0.4, 0.5) is 11.4 Å². The zero-order valence-corrected chi connectivity index (χ0v) is 19.7. The fourth-order valence-corrected chi connectivity index (χ4v) is 4.45. The summed E-state index contributed by atoms with van der Waals surface area (Å²) in [5.41, 5.74) is 3.76. The van der Waals surface area contributed by atoms with Crippen molar-refractivity contribution in [1.82, 2.24) is 0 Å². The topological polar surface area (TPSA) is 68.3 Å². The number of hydrogen-bond acceptors (Lipinski definition) is 6. The summed E-state index contributed by atoms with van der Waals surface area (Å²) in [7, 11) is 3.06. The average Bonchev–Trinajstić information content (AvgIpc) is 2.92. The highest BCUT2D eigenvalue weighted by atomic mass is 16.5. The summed E-state index contributed by atoms with van der Waals surface area (Å²) in [6.07, 6.45) is 1.82. The van der Waals surface area contributed by atoms with Gasteiger partial charge in [0.25, 0.3) is 11.8 Å². The van der Waals surface area contributed by atoms with E-state index in [9.17, 15) is 9.59 Å².